The zero-order valence-corrected chi connectivity index (χ0v) is 14.7. The Morgan fingerprint density at radius 2 is 2.20 bits per heavy atom. The first-order valence-electron chi connectivity index (χ1n) is 7.56. The highest BCUT2D eigenvalue weighted by Crippen LogP contribution is 2.33. The first-order chi connectivity index (χ1) is 9.69. The van der Waals surface area contributed by atoms with Gasteiger partial charge in [-0.15, -0.1) is 0 Å². The minimum absolute atomic E-state index is 0.334. The second kappa shape index (κ2) is 9.53. The Labute approximate surface area is 131 Å². The van der Waals surface area contributed by atoms with E-state index in [-0.39, 0.29) is 0 Å². The summed E-state index contributed by atoms with van der Waals surface area (Å²) in [5, 5.41) is 7.96. The van der Waals surface area contributed by atoms with E-state index >= 15 is 0 Å². The number of ether oxygens (including phenoxy) is 1. The molecule has 0 aliphatic carbocycles. The Morgan fingerprint density at radius 1 is 1.45 bits per heavy atom. The predicted molar refractivity (Wildman–Crippen MR) is 86.9 cm³/mol. The monoisotopic (exact) mass is 345 g/mol. The summed E-state index contributed by atoms with van der Waals surface area (Å²) in [5.41, 5.74) is 1.24. The first-order valence-corrected chi connectivity index (χ1v) is 8.36. The molecule has 0 fully saturated rings. The van der Waals surface area contributed by atoms with Gasteiger partial charge in [0.2, 0.25) is 0 Å². The third kappa shape index (κ3) is 4.57. The maximum absolute atomic E-state index is 5.18. The van der Waals surface area contributed by atoms with Gasteiger partial charge in [-0.05, 0) is 35.3 Å². The van der Waals surface area contributed by atoms with Crippen LogP contribution in [0.25, 0.3) is 0 Å². The lowest BCUT2D eigenvalue weighted by Crippen LogP contribution is -2.28. The molecule has 0 saturated carbocycles. The van der Waals surface area contributed by atoms with Crippen LogP contribution in [0, 0.1) is 5.92 Å². The van der Waals surface area contributed by atoms with Gasteiger partial charge >= 0.3 is 0 Å². The summed E-state index contributed by atoms with van der Waals surface area (Å²) >= 11 is 3.65. The van der Waals surface area contributed by atoms with Gasteiger partial charge in [-0.1, -0.05) is 33.1 Å². The molecule has 1 N–H and O–H groups in total. The highest BCUT2D eigenvalue weighted by atomic mass is 79.9. The number of nitrogens with zero attached hydrogens (tertiary/aromatic N) is 2. The van der Waals surface area contributed by atoms with Crippen LogP contribution in [-0.4, -0.2) is 30.5 Å². The summed E-state index contributed by atoms with van der Waals surface area (Å²) in [6, 6.07) is 0.334. The molecule has 0 aromatic carbocycles. The van der Waals surface area contributed by atoms with Gasteiger partial charge < -0.3 is 10.1 Å². The van der Waals surface area contributed by atoms with E-state index in [1.165, 1.54) is 31.4 Å². The molecule has 0 amide bonds. The summed E-state index contributed by atoms with van der Waals surface area (Å²) in [6.45, 7) is 6.00. The van der Waals surface area contributed by atoms with Crippen molar-refractivity contribution in [2.24, 2.45) is 5.92 Å². The van der Waals surface area contributed by atoms with E-state index in [9.17, 15) is 0 Å². The number of nitrogens with one attached hydrogen (secondary N) is 1. The molecule has 0 spiro atoms. The Balaban J connectivity index is 2.94. The van der Waals surface area contributed by atoms with Crippen LogP contribution in [-0.2, 0) is 11.3 Å². The van der Waals surface area contributed by atoms with E-state index in [2.05, 4.69) is 44.9 Å². The largest absolute Gasteiger partial charge is 0.383 e. The number of halogens is 1. The molecular weight excluding hydrogens is 318 g/mol. The zero-order valence-electron chi connectivity index (χ0n) is 13.2. The Morgan fingerprint density at radius 3 is 2.75 bits per heavy atom. The van der Waals surface area contributed by atoms with E-state index in [1.54, 1.807) is 7.11 Å². The second-order valence-corrected chi connectivity index (χ2v) is 6.02. The van der Waals surface area contributed by atoms with Gasteiger partial charge in [0.15, 0.2) is 0 Å². The maximum atomic E-state index is 5.18. The van der Waals surface area contributed by atoms with E-state index in [0.29, 0.717) is 18.6 Å². The SMILES string of the molecule is CCCCC(CC)C(NC)c1c(Br)cnn1CCOC. The molecule has 116 valence electrons. The molecule has 1 aromatic rings. The van der Waals surface area contributed by atoms with Crippen LogP contribution in [0.3, 0.4) is 0 Å². The second-order valence-electron chi connectivity index (χ2n) is 5.17. The van der Waals surface area contributed by atoms with Gasteiger partial charge in [0.1, 0.15) is 0 Å². The van der Waals surface area contributed by atoms with Gasteiger partial charge in [0.05, 0.1) is 35.6 Å². The van der Waals surface area contributed by atoms with Crippen molar-refractivity contribution in [1.82, 2.24) is 15.1 Å². The zero-order chi connectivity index (χ0) is 15.0. The normalized spacial score (nSPS) is 14.4. The highest BCUT2D eigenvalue weighted by Gasteiger charge is 2.25. The van der Waals surface area contributed by atoms with Crippen LogP contribution in [0.2, 0.25) is 0 Å². The van der Waals surface area contributed by atoms with Crippen molar-refractivity contribution in [3.8, 4) is 0 Å². The molecular formula is C15H28BrN3O. The average molecular weight is 346 g/mol. The number of aromatic nitrogens is 2. The number of unbranched alkanes of at least 4 members (excludes halogenated alkanes) is 1. The lowest BCUT2D eigenvalue weighted by Gasteiger charge is -2.27. The van der Waals surface area contributed by atoms with E-state index in [4.69, 9.17) is 4.74 Å². The molecule has 5 heteroatoms. The van der Waals surface area contributed by atoms with E-state index in [0.717, 1.165) is 11.0 Å². The number of hydrogen-bond acceptors (Lipinski definition) is 3. The van der Waals surface area contributed by atoms with E-state index in [1.807, 2.05) is 13.2 Å². The molecule has 1 heterocycles. The van der Waals surface area contributed by atoms with Crippen LogP contribution in [0.4, 0.5) is 0 Å². The highest BCUT2D eigenvalue weighted by molar-refractivity contribution is 9.10. The van der Waals surface area contributed by atoms with Gasteiger partial charge in [0.25, 0.3) is 0 Å². The van der Waals surface area contributed by atoms with E-state index < -0.39 is 0 Å². The number of methoxy groups -OCH3 is 1. The van der Waals surface area contributed by atoms with Crippen LogP contribution in [0.1, 0.15) is 51.3 Å². The molecule has 0 aliphatic heterocycles. The number of rotatable bonds is 10. The van der Waals surface area contributed by atoms with Crippen molar-refractivity contribution >= 4 is 15.9 Å². The van der Waals surface area contributed by atoms with Crippen LogP contribution in [0.5, 0.6) is 0 Å². The summed E-state index contributed by atoms with van der Waals surface area (Å²) in [4.78, 5) is 0. The lowest BCUT2D eigenvalue weighted by atomic mass is 9.89. The molecule has 20 heavy (non-hydrogen) atoms. The average Bonchev–Trinajstić information content (AvgIpc) is 2.82. The van der Waals surface area contributed by atoms with Crippen molar-refractivity contribution in [3.05, 3.63) is 16.4 Å². The lowest BCUT2D eigenvalue weighted by molar-refractivity contribution is 0.180. The number of hydrogen-bond donors (Lipinski definition) is 1. The van der Waals surface area contributed by atoms with Gasteiger partial charge in [-0.25, -0.2) is 0 Å². The minimum atomic E-state index is 0.334. The first kappa shape index (κ1) is 17.7. The van der Waals surface area contributed by atoms with Crippen LogP contribution >= 0.6 is 15.9 Å². The summed E-state index contributed by atoms with van der Waals surface area (Å²) < 4.78 is 8.32. The van der Waals surface area contributed by atoms with Gasteiger partial charge in [0, 0.05) is 7.11 Å². The molecule has 2 atom stereocenters. The molecule has 0 saturated heterocycles. The fraction of sp³-hybridized carbons (Fsp3) is 0.800. The van der Waals surface area contributed by atoms with Crippen molar-refractivity contribution in [3.63, 3.8) is 0 Å². The van der Waals surface area contributed by atoms with Gasteiger partial charge in [-0.3, -0.25) is 4.68 Å². The smallest absolute Gasteiger partial charge is 0.0699 e. The maximum Gasteiger partial charge on any atom is 0.0699 e. The molecule has 0 radical (unpaired) electrons. The van der Waals surface area contributed by atoms with Gasteiger partial charge in [-0.2, -0.15) is 5.10 Å². The summed E-state index contributed by atoms with van der Waals surface area (Å²) in [7, 11) is 3.77. The minimum Gasteiger partial charge on any atom is -0.383 e. The quantitative estimate of drug-likeness (QED) is 0.701. The third-order valence-corrected chi connectivity index (χ3v) is 4.48. The Kier molecular flexibility index (Phi) is 8.41. The molecule has 2 unspecified atom stereocenters. The molecule has 1 aromatic heterocycles. The molecule has 1 rings (SSSR count). The topological polar surface area (TPSA) is 39.1 Å². The Bertz CT molecular complexity index is 381. The fourth-order valence-corrected chi connectivity index (χ4v) is 3.25. The molecule has 0 aliphatic rings. The Hall–Kier alpha value is -0.390. The molecule has 4 nitrogen and oxygen atoms in total. The molecule has 0 bridgehead atoms. The van der Waals surface area contributed by atoms with Crippen molar-refractivity contribution in [1.29, 1.82) is 0 Å². The fourth-order valence-electron chi connectivity index (χ4n) is 2.71. The van der Waals surface area contributed by atoms with Crippen molar-refractivity contribution in [2.75, 3.05) is 20.8 Å². The van der Waals surface area contributed by atoms with Crippen molar-refractivity contribution in [2.45, 2.75) is 52.1 Å². The third-order valence-electron chi connectivity index (χ3n) is 3.87. The van der Waals surface area contributed by atoms with Crippen LogP contribution in [0.15, 0.2) is 10.7 Å². The predicted octanol–water partition coefficient (Wildman–Crippen LogP) is 3.77. The summed E-state index contributed by atoms with van der Waals surface area (Å²) in [5.74, 6) is 0.634. The standard InChI is InChI=1S/C15H28BrN3O/c1-5-7-8-12(6-2)14(17-3)15-13(16)11-18-19(15)9-10-20-4/h11-12,14,17H,5-10H2,1-4H3. The summed E-state index contributed by atoms with van der Waals surface area (Å²) in [6.07, 6.45) is 6.84. The van der Waals surface area contributed by atoms with Crippen LogP contribution < -0.4 is 5.32 Å². The van der Waals surface area contributed by atoms with Crippen molar-refractivity contribution < 1.29 is 4.74 Å².